The summed E-state index contributed by atoms with van der Waals surface area (Å²) >= 11 is 1.24. The van der Waals surface area contributed by atoms with Crippen LogP contribution >= 0.6 is 11.3 Å². The molecule has 3 aromatic heterocycles. The molecule has 0 aromatic carbocycles. The van der Waals surface area contributed by atoms with Crippen molar-refractivity contribution in [2.45, 2.75) is 46.5 Å². The van der Waals surface area contributed by atoms with E-state index in [1.54, 1.807) is 17.0 Å². The number of carbonyl (C=O) groups is 3. The summed E-state index contributed by atoms with van der Waals surface area (Å²) < 4.78 is 42.3. The second-order valence-corrected chi connectivity index (χ2v) is 13.1. The number of rotatable bonds is 5. The number of piperidine rings is 1. The van der Waals surface area contributed by atoms with E-state index in [2.05, 4.69) is 15.3 Å². The number of likely N-dealkylation sites (N-methyl/N-ethyl adjacent to an activating group) is 1. The third kappa shape index (κ3) is 4.34. The molecule has 41 heavy (non-hydrogen) atoms. The maximum absolute atomic E-state index is 13.9. The standard InChI is InChI=1S/C29H30F3N5O3S/c1-13-8-19(29(30,31)32)35-23(20(13)25(38)36-10-14(2)18(12-36)33-5)16-6-7-34-17-9-15(41-24(16)17)11-37-26(39)21-22(27(37)40)28(21,3)4/h6-9,14,18,21-22,33H,10-12H2,1-5H3/t14-,18-,21?,22?/m1/s1. The van der Waals surface area contributed by atoms with Gasteiger partial charge in [-0.2, -0.15) is 13.2 Å². The van der Waals surface area contributed by atoms with Crippen LogP contribution in [0.4, 0.5) is 13.2 Å². The van der Waals surface area contributed by atoms with Crippen LogP contribution < -0.4 is 5.32 Å². The highest BCUT2D eigenvalue weighted by Gasteiger charge is 2.72. The highest BCUT2D eigenvalue weighted by Crippen LogP contribution is 2.63. The topological polar surface area (TPSA) is 95.5 Å². The third-order valence-corrected chi connectivity index (χ3v) is 10.1. The van der Waals surface area contributed by atoms with Gasteiger partial charge in [-0.05, 0) is 49.1 Å². The van der Waals surface area contributed by atoms with E-state index in [0.29, 0.717) is 33.7 Å². The molecular weight excluding hydrogens is 555 g/mol. The number of hydrogen-bond donors (Lipinski definition) is 1. The fourth-order valence-electron chi connectivity index (χ4n) is 6.52. The van der Waals surface area contributed by atoms with Crippen molar-refractivity contribution in [1.82, 2.24) is 25.1 Å². The number of carbonyl (C=O) groups excluding carboxylic acids is 3. The van der Waals surface area contributed by atoms with E-state index in [-0.39, 0.29) is 70.3 Å². The molecule has 3 aliphatic rings. The lowest BCUT2D eigenvalue weighted by molar-refractivity contribution is -0.144. The van der Waals surface area contributed by atoms with E-state index in [9.17, 15) is 27.6 Å². The number of aryl methyl sites for hydroxylation is 1. The molecule has 6 rings (SSSR count). The first-order valence-corrected chi connectivity index (χ1v) is 14.3. The zero-order valence-electron chi connectivity index (χ0n) is 23.3. The van der Waals surface area contributed by atoms with Crippen LogP contribution in [0.5, 0.6) is 0 Å². The molecule has 12 heteroatoms. The average molecular weight is 586 g/mol. The normalized spacial score (nSPS) is 25.4. The Morgan fingerprint density at radius 3 is 2.46 bits per heavy atom. The summed E-state index contributed by atoms with van der Waals surface area (Å²) in [5, 5.41) is 3.20. The Balaban J connectivity index is 1.42. The first-order chi connectivity index (χ1) is 19.2. The maximum Gasteiger partial charge on any atom is 0.433 e. The van der Waals surface area contributed by atoms with Gasteiger partial charge < -0.3 is 10.2 Å². The summed E-state index contributed by atoms with van der Waals surface area (Å²) in [6, 6.07) is 4.29. The summed E-state index contributed by atoms with van der Waals surface area (Å²) in [5.74, 6) is -1.20. The molecule has 5 heterocycles. The number of hydrogen-bond acceptors (Lipinski definition) is 7. The number of aromatic nitrogens is 2. The summed E-state index contributed by atoms with van der Waals surface area (Å²) in [7, 11) is 1.82. The first kappa shape index (κ1) is 27.8. The van der Waals surface area contributed by atoms with Gasteiger partial charge in [0.05, 0.1) is 39.9 Å². The fraction of sp³-hybridized carbons (Fsp3) is 0.483. The van der Waals surface area contributed by atoms with Crippen molar-refractivity contribution >= 4 is 39.3 Å². The van der Waals surface area contributed by atoms with Crippen molar-refractivity contribution in [2.24, 2.45) is 23.2 Å². The zero-order valence-corrected chi connectivity index (χ0v) is 24.1. The Morgan fingerprint density at radius 1 is 1.17 bits per heavy atom. The van der Waals surface area contributed by atoms with Gasteiger partial charge in [-0.15, -0.1) is 11.3 Å². The highest BCUT2D eigenvalue weighted by molar-refractivity contribution is 7.19. The lowest BCUT2D eigenvalue weighted by Crippen LogP contribution is -2.35. The Bertz CT molecular complexity index is 1590. The molecule has 0 bridgehead atoms. The van der Waals surface area contributed by atoms with Gasteiger partial charge in [-0.1, -0.05) is 20.8 Å². The average Bonchev–Trinajstić information content (AvgIpc) is 3.23. The van der Waals surface area contributed by atoms with Gasteiger partial charge in [0.15, 0.2) is 0 Å². The van der Waals surface area contributed by atoms with Gasteiger partial charge in [0.1, 0.15) is 5.69 Å². The molecule has 3 amide bonds. The van der Waals surface area contributed by atoms with Crippen LogP contribution in [-0.2, 0) is 22.3 Å². The number of likely N-dealkylation sites (tertiary alicyclic amines) is 2. The van der Waals surface area contributed by atoms with Gasteiger partial charge >= 0.3 is 6.18 Å². The van der Waals surface area contributed by atoms with Gasteiger partial charge in [0.25, 0.3) is 5.91 Å². The molecule has 0 spiro atoms. The van der Waals surface area contributed by atoms with E-state index >= 15 is 0 Å². The van der Waals surface area contributed by atoms with Gasteiger partial charge in [-0.25, -0.2) is 4.98 Å². The first-order valence-electron chi connectivity index (χ1n) is 13.5. The quantitative estimate of drug-likeness (QED) is 0.443. The number of nitrogens with zero attached hydrogens (tertiary/aromatic N) is 4. The van der Waals surface area contributed by atoms with Crippen LogP contribution in [0.2, 0.25) is 0 Å². The maximum atomic E-state index is 13.9. The SMILES string of the molecule is CN[C@@H]1CN(C(=O)c2c(C)cc(C(F)(F)F)nc2-c2ccnc3cc(CN4C(=O)C5C(C4=O)C5(C)C)sc23)C[C@H]1C. The van der Waals surface area contributed by atoms with E-state index in [4.69, 9.17) is 0 Å². The number of amides is 3. The van der Waals surface area contributed by atoms with Crippen LogP contribution in [0.3, 0.4) is 0 Å². The van der Waals surface area contributed by atoms with Crippen molar-refractivity contribution < 1.29 is 27.6 Å². The molecule has 1 aliphatic carbocycles. The minimum Gasteiger partial charge on any atom is -0.337 e. The van der Waals surface area contributed by atoms with Crippen LogP contribution in [0.1, 0.15) is 47.3 Å². The molecule has 2 saturated heterocycles. The van der Waals surface area contributed by atoms with Crippen molar-refractivity contribution in [3.8, 4) is 11.3 Å². The molecule has 216 valence electrons. The molecule has 0 radical (unpaired) electrons. The molecule has 4 atom stereocenters. The number of thiophene rings is 1. The Morgan fingerprint density at radius 2 is 1.85 bits per heavy atom. The minimum atomic E-state index is -4.71. The van der Waals surface area contributed by atoms with Crippen molar-refractivity contribution in [2.75, 3.05) is 20.1 Å². The fourth-order valence-corrected chi connectivity index (χ4v) is 7.63. The summed E-state index contributed by atoms with van der Waals surface area (Å²) in [6.07, 6.45) is -3.24. The minimum absolute atomic E-state index is 0.0556. The smallest absolute Gasteiger partial charge is 0.337 e. The van der Waals surface area contributed by atoms with E-state index < -0.39 is 11.9 Å². The molecule has 1 saturated carbocycles. The van der Waals surface area contributed by atoms with E-state index in [0.717, 1.165) is 6.07 Å². The molecular formula is C29H30F3N5O3S. The Kier molecular flexibility index (Phi) is 6.31. The second kappa shape index (κ2) is 9.32. The number of fused-ring (bicyclic) bond motifs is 2. The molecule has 1 N–H and O–H groups in total. The van der Waals surface area contributed by atoms with Crippen LogP contribution in [-0.4, -0.2) is 63.7 Å². The van der Waals surface area contributed by atoms with Crippen LogP contribution in [0.15, 0.2) is 24.4 Å². The third-order valence-electron chi connectivity index (χ3n) is 8.91. The number of alkyl halides is 3. The lowest BCUT2D eigenvalue weighted by atomic mass is 9.99. The number of pyridine rings is 2. The summed E-state index contributed by atoms with van der Waals surface area (Å²) in [5.41, 5.74) is -0.310. The molecule has 2 aliphatic heterocycles. The Labute approximate surface area is 238 Å². The molecule has 3 aromatic rings. The molecule has 8 nitrogen and oxygen atoms in total. The van der Waals surface area contributed by atoms with Gasteiger partial charge in [0.2, 0.25) is 11.8 Å². The van der Waals surface area contributed by atoms with Gasteiger partial charge in [0, 0.05) is 35.8 Å². The van der Waals surface area contributed by atoms with Crippen molar-refractivity contribution in [1.29, 1.82) is 0 Å². The second-order valence-electron chi connectivity index (χ2n) is 12.0. The number of nitrogens with one attached hydrogen (secondary N) is 1. The zero-order chi connectivity index (χ0) is 29.6. The Hall–Kier alpha value is -3.38. The van der Waals surface area contributed by atoms with Crippen LogP contribution in [0, 0.1) is 30.1 Å². The predicted molar refractivity (Wildman–Crippen MR) is 147 cm³/mol. The van der Waals surface area contributed by atoms with Crippen LogP contribution in [0.25, 0.3) is 21.5 Å². The van der Waals surface area contributed by atoms with Crippen molar-refractivity contribution in [3.05, 3.63) is 46.1 Å². The summed E-state index contributed by atoms with van der Waals surface area (Å²) in [6.45, 7) is 8.31. The largest absolute Gasteiger partial charge is 0.433 e. The summed E-state index contributed by atoms with van der Waals surface area (Å²) in [4.78, 5) is 51.6. The van der Waals surface area contributed by atoms with E-state index in [1.807, 2.05) is 27.8 Å². The monoisotopic (exact) mass is 585 g/mol. The predicted octanol–water partition coefficient (Wildman–Crippen LogP) is 4.51. The van der Waals surface area contributed by atoms with Crippen molar-refractivity contribution in [3.63, 3.8) is 0 Å². The number of halogens is 3. The molecule has 3 fully saturated rings. The van der Waals surface area contributed by atoms with E-state index in [1.165, 1.54) is 29.4 Å². The number of imide groups is 1. The molecule has 2 unspecified atom stereocenters. The lowest BCUT2D eigenvalue weighted by Gasteiger charge is -2.21. The highest BCUT2D eigenvalue weighted by atomic mass is 32.1. The van der Waals surface area contributed by atoms with Gasteiger partial charge in [-0.3, -0.25) is 24.3 Å².